The Morgan fingerprint density at radius 3 is 2.92 bits per heavy atom. The van der Waals surface area contributed by atoms with Crippen molar-refractivity contribution in [3.63, 3.8) is 0 Å². The molecule has 0 bridgehead atoms. The van der Waals surface area contributed by atoms with E-state index in [1.165, 1.54) is 0 Å². The molecule has 1 amide bonds. The average Bonchev–Trinajstić information content (AvgIpc) is 3.12. The first kappa shape index (κ1) is 16.3. The number of rotatable bonds is 5. The molecular weight excluding hydrogens is 308 g/mol. The van der Waals surface area contributed by atoms with Crippen molar-refractivity contribution < 1.29 is 14.1 Å². The van der Waals surface area contributed by atoms with Crippen LogP contribution in [0.15, 0.2) is 28.8 Å². The standard InChI is InChI=1S/C17H22N4O3/c1-3-18-16(22)13-5-4-10-21(11-13)17-19-15(20-24-17)12-6-8-14(23-2)9-7-12/h6-9,13H,3-5,10-11H2,1-2H3,(H,18,22)/t13-/m1/s1. The number of benzene rings is 1. The van der Waals surface area contributed by atoms with Gasteiger partial charge in [-0.3, -0.25) is 4.79 Å². The maximum atomic E-state index is 12.0. The molecule has 1 N–H and O–H groups in total. The quantitative estimate of drug-likeness (QED) is 0.904. The van der Waals surface area contributed by atoms with Gasteiger partial charge in [0.1, 0.15) is 5.75 Å². The van der Waals surface area contributed by atoms with Crippen molar-refractivity contribution in [1.29, 1.82) is 0 Å². The van der Waals surface area contributed by atoms with Crippen molar-refractivity contribution in [2.45, 2.75) is 19.8 Å². The summed E-state index contributed by atoms with van der Waals surface area (Å²) < 4.78 is 10.6. The number of ether oxygens (including phenoxy) is 1. The molecule has 1 fully saturated rings. The first-order valence-electron chi connectivity index (χ1n) is 8.22. The van der Waals surface area contributed by atoms with E-state index in [1.807, 2.05) is 36.1 Å². The molecule has 0 radical (unpaired) electrons. The highest BCUT2D eigenvalue weighted by Crippen LogP contribution is 2.25. The Bertz CT molecular complexity index is 683. The minimum Gasteiger partial charge on any atom is -0.497 e. The van der Waals surface area contributed by atoms with Crippen molar-refractivity contribution in [3.05, 3.63) is 24.3 Å². The Hall–Kier alpha value is -2.57. The van der Waals surface area contributed by atoms with Gasteiger partial charge in [-0.15, -0.1) is 0 Å². The summed E-state index contributed by atoms with van der Waals surface area (Å²) in [5, 5.41) is 6.94. The topological polar surface area (TPSA) is 80.5 Å². The summed E-state index contributed by atoms with van der Waals surface area (Å²) in [4.78, 5) is 18.5. The van der Waals surface area contributed by atoms with Crippen LogP contribution in [0.2, 0.25) is 0 Å². The van der Waals surface area contributed by atoms with Crippen LogP contribution in [-0.4, -0.2) is 42.8 Å². The zero-order chi connectivity index (χ0) is 16.9. The fraction of sp³-hybridized carbons (Fsp3) is 0.471. The molecule has 1 aliphatic rings. The maximum absolute atomic E-state index is 12.0. The van der Waals surface area contributed by atoms with Gasteiger partial charge in [-0.2, -0.15) is 4.98 Å². The lowest BCUT2D eigenvalue weighted by molar-refractivity contribution is -0.125. The van der Waals surface area contributed by atoms with Gasteiger partial charge in [0, 0.05) is 25.2 Å². The number of piperidine rings is 1. The summed E-state index contributed by atoms with van der Waals surface area (Å²) in [5.41, 5.74) is 0.864. The summed E-state index contributed by atoms with van der Waals surface area (Å²) in [5.74, 6) is 1.38. The van der Waals surface area contributed by atoms with E-state index in [-0.39, 0.29) is 11.8 Å². The molecular formula is C17H22N4O3. The predicted molar refractivity (Wildman–Crippen MR) is 89.9 cm³/mol. The number of anilines is 1. The minimum absolute atomic E-state index is 0.0324. The van der Waals surface area contributed by atoms with Crippen molar-refractivity contribution in [3.8, 4) is 17.1 Å². The highest BCUT2D eigenvalue weighted by Gasteiger charge is 2.28. The number of nitrogens with one attached hydrogen (secondary N) is 1. The highest BCUT2D eigenvalue weighted by atomic mass is 16.5. The molecule has 1 aromatic heterocycles. The zero-order valence-electron chi connectivity index (χ0n) is 14.0. The Labute approximate surface area is 141 Å². The lowest BCUT2D eigenvalue weighted by Crippen LogP contribution is -2.43. The van der Waals surface area contributed by atoms with Crippen LogP contribution in [0.4, 0.5) is 6.01 Å². The van der Waals surface area contributed by atoms with Gasteiger partial charge in [-0.05, 0) is 44.0 Å². The molecule has 2 heterocycles. The summed E-state index contributed by atoms with van der Waals surface area (Å²) >= 11 is 0. The smallest absolute Gasteiger partial charge is 0.324 e. The first-order chi connectivity index (χ1) is 11.7. The SMILES string of the molecule is CCNC(=O)[C@@H]1CCCN(c2nc(-c3ccc(OC)cc3)no2)C1. The number of amides is 1. The van der Waals surface area contributed by atoms with Crippen LogP contribution in [0.3, 0.4) is 0 Å². The Balaban J connectivity index is 1.71. The zero-order valence-corrected chi connectivity index (χ0v) is 14.0. The molecule has 0 spiro atoms. The Kier molecular flexibility index (Phi) is 4.98. The third-order valence-corrected chi connectivity index (χ3v) is 4.18. The van der Waals surface area contributed by atoms with E-state index in [1.54, 1.807) is 7.11 Å². The van der Waals surface area contributed by atoms with Crippen LogP contribution in [0.1, 0.15) is 19.8 Å². The number of carbonyl (C=O) groups is 1. The van der Waals surface area contributed by atoms with Crippen molar-refractivity contribution in [2.75, 3.05) is 31.6 Å². The normalized spacial score (nSPS) is 17.6. The van der Waals surface area contributed by atoms with Gasteiger partial charge in [-0.1, -0.05) is 5.16 Å². The summed E-state index contributed by atoms with van der Waals surface area (Å²) in [6, 6.07) is 7.96. The molecule has 7 nitrogen and oxygen atoms in total. The molecule has 2 aromatic rings. The van der Waals surface area contributed by atoms with Crippen LogP contribution in [0.5, 0.6) is 5.75 Å². The molecule has 128 valence electrons. The lowest BCUT2D eigenvalue weighted by atomic mass is 9.97. The predicted octanol–water partition coefficient (Wildman–Crippen LogP) is 2.10. The second kappa shape index (κ2) is 7.33. The fourth-order valence-corrected chi connectivity index (χ4v) is 2.88. The van der Waals surface area contributed by atoms with Crippen molar-refractivity contribution in [2.24, 2.45) is 5.92 Å². The molecule has 1 aromatic carbocycles. The third kappa shape index (κ3) is 3.50. The third-order valence-electron chi connectivity index (χ3n) is 4.18. The van der Waals surface area contributed by atoms with Crippen LogP contribution in [0.25, 0.3) is 11.4 Å². The Morgan fingerprint density at radius 1 is 1.42 bits per heavy atom. The Morgan fingerprint density at radius 2 is 2.21 bits per heavy atom. The number of hydrogen-bond donors (Lipinski definition) is 1. The van der Waals surface area contributed by atoms with Gasteiger partial charge in [-0.25, -0.2) is 0 Å². The molecule has 1 aliphatic heterocycles. The van der Waals surface area contributed by atoms with E-state index in [9.17, 15) is 4.79 Å². The molecule has 24 heavy (non-hydrogen) atoms. The molecule has 1 atom stereocenters. The largest absolute Gasteiger partial charge is 0.497 e. The van der Waals surface area contributed by atoms with E-state index < -0.39 is 0 Å². The molecule has 1 saturated heterocycles. The van der Waals surface area contributed by atoms with Gasteiger partial charge in [0.15, 0.2) is 0 Å². The molecule has 3 rings (SSSR count). The van der Waals surface area contributed by atoms with Crippen LogP contribution >= 0.6 is 0 Å². The number of hydrogen-bond acceptors (Lipinski definition) is 6. The number of methoxy groups -OCH3 is 1. The van der Waals surface area contributed by atoms with Gasteiger partial charge in [0.2, 0.25) is 11.7 Å². The average molecular weight is 330 g/mol. The van der Waals surface area contributed by atoms with Gasteiger partial charge < -0.3 is 19.5 Å². The van der Waals surface area contributed by atoms with Crippen molar-refractivity contribution in [1.82, 2.24) is 15.5 Å². The monoisotopic (exact) mass is 330 g/mol. The van der Waals surface area contributed by atoms with Crippen LogP contribution < -0.4 is 15.0 Å². The van der Waals surface area contributed by atoms with Gasteiger partial charge >= 0.3 is 6.01 Å². The van der Waals surface area contributed by atoms with E-state index in [0.29, 0.717) is 24.9 Å². The maximum Gasteiger partial charge on any atom is 0.324 e. The highest BCUT2D eigenvalue weighted by molar-refractivity contribution is 5.79. The van der Waals surface area contributed by atoms with E-state index >= 15 is 0 Å². The van der Waals surface area contributed by atoms with E-state index in [4.69, 9.17) is 9.26 Å². The van der Waals surface area contributed by atoms with Crippen LogP contribution in [-0.2, 0) is 4.79 Å². The molecule has 0 saturated carbocycles. The summed E-state index contributed by atoms with van der Waals surface area (Å²) in [6.45, 7) is 4.01. The second-order valence-corrected chi connectivity index (χ2v) is 5.81. The summed E-state index contributed by atoms with van der Waals surface area (Å²) in [7, 11) is 1.63. The summed E-state index contributed by atoms with van der Waals surface area (Å²) in [6.07, 6.45) is 1.82. The van der Waals surface area contributed by atoms with E-state index in [2.05, 4.69) is 15.5 Å². The molecule has 7 heteroatoms. The number of nitrogens with zero attached hydrogens (tertiary/aromatic N) is 3. The first-order valence-corrected chi connectivity index (χ1v) is 8.22. The van der Waals surface area contributed by atoms with Crippen molar-refractivity contribution >= 4 is 11.9 Å². The molecule has 0 unspecified atom stereocenters. The lowest BCUT2D eigenvalue weighted by Gasteiger charge is -2.30. The van der Waals surface area contributed by atoms with Gasteiger partial charge in [0.25, 0.3) is 0 Å². The number of aromatic nitrogens is 2. The fourth-order valence-electron chi connectivity index (χ4n) is 2.88. The van der Waals surface area contributed by atoms with Crippen LogP contribution in [0, 0.1) is 5.92 Å². The van der Waals surface area contributed by atoms with E-state index in [0.717, 1.165) is 30.7 Å². The second-order valence-electron chi connectivity index (χ2n) is 5.81. The number of carbonyl (C=O) groups excluding carboxylic acids is 1. The molecule has 0 aliphatic carbocycles. The van der Waals surface area contributed by atoms with Gasteiger partial charge in [0.05, 0.1) is 13.0 Å². The minimum atomic E-state index is -0.0324.